The Bertz CT molecular complexity index is 238. The van der Waals surface area contributed by atoms with Crippen LogP contribution in [0.2, 0.25) is 0 Å². The average molecular weight is 203 g/mol. The maximum Gasteiger partial charge on any atom is 0.455 e. The van der Waals surface area contributed by atoms with Crippen LogP contribution in [0.25, 0.3) is 0 Å². The van der Waals surface area contributed by atoms with Crippen molar-refractivity contribution < 1.29 is 26.7 Å². The third-order valence-electron chi connectivity index (χ3n) is 1.45. The van der Waals surface area contributed by atoms with Crippen LogP contribution in [0.3, 0.4) is 0 Å². The van der Waals surface area contributed by atoms with Crippen molar-refractivity contribution in [3.05, 3.63) is 0 Å². The Morgan fingerprint density at radius 1 is 1.08 bits per heavy atom. The van der Waals surface area contributed by atoms with Gasteiger partial charge in [0, 0.05) is 0 Å². The molecule has 0 aliphatic heterocycles. The second-order valence-electron chi connectivity index (χ2n) is 2.83. The molecule has 0 rings (SSSR count). The molecule has 0 aromatic carbocycles. The van der Waals surface area contributed by atoms with Crippen molar-refractivity contribution in [2.24, 2.45) is 4.99 Å². The van der Waals surface area contributed by atoms with Crippen LogP contribution in [-0.4, -0.2) is 23.7 Å². The number of nitrogens with zero attached hydrogens (tertiary/aromatic N) is 1. The van der Waals surface area contributed by atoms with E-state index in [1.54, 1.807) is 0 Å². The fraction of sp³-hybridized carbons (Fsp3) is 0.833. The van der Waals surface area contributed by atoms with Gasteiger partial charge in [0.2, 0.25) is 6.08 Å². The lowest BCUT2D eigenvalue weighted by atomic mass is 9.97. The number of hydrogen-bond donors (Lipinski definition) is 0. The van der Waals surface area contributed by atoms with Crippen molar-refractivity contribution >= 4 is 6.08 Å². The zero-order valence-electron chi connectivity index (χ0n) is 6.75. The van der Waals surface area contributed by atoms with Crippen LogP contribution >= 0.6 is 0 Å². The van der Waals surface area contributed by atoms with E-state index in [-0.39, 0.29) is 0 Å². The molecule has 0 atom stereocenters. The van der Waals surface area contributed by atoms with Gasteiger partial charge in [0.05, 0.1) is 0 Å². The molecule has 0 heterocycles. The van der Waals surface area contributed by atoms with Crippen molar-refractivity contribution in [2.75, 3.05) is 0 Å². The lowest BCUT2D eigenvalue weighted by Crippen LogP contribution is -2.52. The highest BCUT2D eigenvalue weighted by atomic mass is 19.4. The van der Waals surface area contributed by atoms with Gasteiger partial charge in [-0.15, -0.1) is 0 Å². The number of halogens is 5. The lowest BCUT2D eigenvalue weighted by Gasteiger charge is -2.30. The Hall–Kier alpha value is -0.970. The average Bonchev–Trinajstić information content (AvgIpc) is 1.84. The third kappa shape index (κ3) is 2.03. The van der Waals surface area contributed by atoms with Crippen LogP contribution in [-0.2, 0) is 4.79 Å². The van der Waals surface area contributed by atoms with Crippen molar-refractivity contribution in [1.82, 2.24) is 0 Å². The first-order chi connectivity index (χ1) is 5.56. The van der Waals surface area contributed by atoms with Crippen LogP contribution in [0, 0.1) is 0 Å². The van der Waals surface area contributed by atoms with Crippen LogP contribution in [0.1, 0.15) is 13.8 Å². The van der Waals surface area contributed by atoms with Gasteiger partial charge in [0.15, 0.2) is 0 Å². The van der Waals surface area contributed by atoms with Gasteiger partial charge in [0.1, 0.15) is 5.54 Å². The summed E-state index contributed by atoms with van der Waals surface area (Å²) in [5.41, 5.74) is -2.83. The van der Waals surface area contributed by atoms with Gasteiger partial charge in [-0.1, -0.05) is 0 Å². The quantitative estimate of drug-likeness (QED) is 0.384. The highest BCUT2D eigenvalue weighted by Crippen LogP contribution is 2.44. The molecular weight excluding hydrogens is 197 g/mol. The lowest BCUT2D eigenvalue weighted by molar-refractivity contribution is -0.302. The Morgan fingerprint density at radius 3 is 1.69 bits per heavy atom. The van der Waals surface area contributed by atoms with Crippen molar-refractivity contribution in [1.29, 1.82) is 0 Å². The minimum atomic E-state index is -5.73. The molecule has 0 amide bonds. The Labute approximate surface area is 70.4 Å². The van der Waals surface area contributed by atoms with Gasteiger partial charge in [0.25, 0.3) is 0 Å². The first kappa shape index (κ1) is 12.0. The number of alkyl halides is 5. The van der Waals surface area contributed by atoms with Gasteiger partial charge in [-0.25, -0.2) is 4.79 Å². The smallest absolute Gasteiger partial charge is 0.211 e. The molecule has 0 saturated carbocycles. The van der Waals surface area contributed by atoms with E-state index in [2.05, 4.69) is 4.99 Å². The topological polar surface area (TPSA) is 29.4 Å². The molecule has 0 aromatic rings. The number of hydrogen-bond acceptors (Lipinski definition) is 2. The van der Waals surface area contributed by atoms with Crippen LogP contribution in [0.4, 0.5) is 22.0 Å². The molecule has 0 bridgehead atoms. The summed E-state index contributed by atoms with van der Waals surface area (Å²) in [4.78, 5) is 12.0. The summed E-state index contributed by atoms with van der Waals surface area (Å²) in [5, 5.41) is 0. The molecule has 7 heteroatoms. The summed E-state index contributed by atoms with van der Waals surface area (Å²) < 4.78 is 60.1. The maximum absolute atomic E-state index is 12.5. The number of carbonyl (C=O) groups excluding carboxylic acids is 1. The summed E-state index contributed by atoms with van der Waals surface area (Å²) in [5.74, 6) is -5.04. The summed E-state index contributed by atoms with van der Waals surface area (Å²) >= 11 is 0. The third-order valence-corrected chi connectivity index (χ3v) is 1.45. The van der Waals surface area contributed by atoms with E-state index in [9.17, 15) is 26.7 Å². The molecule has 0 aromatic heterocycles. The predicted octanol–water partition coefficient (Wildman–Crippen LogP) is 2.30. The minimum Gasteiger partial charge on any atom is -0.211 e. The Balaban J connectivity index is 5.14. The maximum atomic E-state index is 12.5. The van der Waals surface area contributed by atoms with E-state index in [4.69, 9.17) is 0 Å². The molecule has 0 radical (unpaired) electrons. The molecular formula is C6H6F5NO. The molecule has 0 unspecified atom stereocenters. The first-order valence-corrected chi connectivity index (χ1v) is 3.10. The number of rotatable bonds is 2. The van der Waals surface area contributed by atoms with E-state index in [1.807, 2.05) is 0 Å². The standard InChI is InChI=1S/C6H6F5NO/c1-4(2,12-3-13)5(7,8)6(9,10)11/h1-2H3. The highest BCUT2D eigenvalue weighted by molar-refractivity contribution is 5.35. The van der Waals surface area contributed by atoms with E-state index < -0.39 is 17.6 Å². The van der Waals surface area contributed by atoms with E-state index in [0.29, 0.717) is 19.9 Å². The summed E-state index contributed by atoms with van der Waals surface area (Å²) in [6.07, 6.45) is -5.04. The van der Waals surface area contributed by atoms with Crippen LogP contribution in [0.5, 0.6) is 0 Å². The van der Waals surface area contributed by atoms with Crippen molar-refractivity contribution in [3.8, 4) is 0 Å². The van der Waals surface area contributed by atoms with E-state index in [0.717, 1.165) is 0 Å². The molecule has 0 N–H and O–H groups in total. The normalized spacial score (nSPS) is 13.8. The summed E-state index contributed by atoms with van der Waals surface area (Å²) in [6.45, 7) is 1.01. The Kier molecular flexibility index (Phi) is 2.84. The molecule has 0 aliphatic rings. The second kappa shape index (κ2) is 3.06. The minimum absolute atomic E-state index is 0.505. The molecule has 0 saturated heterocycles. The number of isocyanates is 1. The van der Waals surface area contributed by atoms with Gasteiger partial charge < -0.3 is 0 Å². The van der Waals surface area contributed by atoms with E-state index >= 15 is 0 Å². The molecule has 76 valence electrons. The second-order valence-corrected chi connectivity index (χ2v) is 2.83. The van der Waals surface area contributed by atoms with Gasteiger partial charge >= 0.3 is 12.1 Å². The van der Waals surface area contributed by atoms with Crippen molar-refractivity contribution in [2.45, 2.75) is 31.5 Å². The number of aliphatic imine (C=N–C) groups is 1. The molecule has 0 fully saturated rings. The first-order valence-electron chi connectivity index (χ1n) is 3.10. The van der Waals surface area contributed by atoms with E-state index in [1.165, 1.54) is 0 Å². The van der Waals surface area contributed by atoms with Gasteiger partial charge in [-0.05, 0) is 13.8 Å². The Morgan fingerprint density at radius 2 is 1.46 bits per heavy atom. The van der Waals surface area contributed by atoms with Gasteiger partial charge in [-0.2, -0.15) is 26.9 Å². The highest BCUT2D eigenvalue weighted by Gasteiger charge is 2.66. The predicted molar refractivity (Wildman–Crippen MR) is 33.2 cm³/mol. The fourth-order valence-electron chi connectivity index (χ4n) is 0.531. The summed E-state index contributed by atoms with van der Waals surface area (Å²) in [7, 11) is 0. The molecule has 0 spiro atoms. The van der Waals surface area contributed by atoms with Crippen molar-refractivity contribution in [3.63, 3.8) is 0 Å². The van der Waals surface area contributed by atoms with Gasteiger partial charge in [-0.3, -0.25) is 0 Å². The molecule has 13 heavy (non-hydrogen) atoms. The van der Waals surface area contributed by atoms with Crippen LogP contribution < -0.4 is 0 Å². The monoisotopic (exact) mass is 203 g/mol. The molecule has 0 aliphatic carbocycles. The largest absolute Gasteiger partial charge is 0.455 e. The summed E-state index contributed by atoms with van der Waals surface area (Å²) in [6, 6.07) is 0. The fourth-order valence-corrected chi connectivity index (χ4v) is 0.531. The van der Waals surface area contributed by atoms with Crippen LogP contribution in [0.15, 0.2) is 4.99 Å². The molecule has 2 nitrogen and oxygen atoms in total. The zero-order valence-corrected chi connectivity index (χ0v) is 6.75. The zero-order chi connectivity index (χ0) is 10.9. The SMILES string of the molecule is CC(C)(N=C=O)C(F)(F)C(F)(F)F.